The Morgan fingerprint density at radius 3 is 2.61 bits per heavy atom. The smallest absolute Gasteiger partial charge is 0.242 e. The molecule has 0 aliphatic carbocycles. The molecular weight excluding hydrogens is 288 g/mol. The average Bonchev–Trinajstić information content (AvgIpc) is 2.92. The number of aromatic nitrogens is 2. The van der Waals surface area contributed by atoms with Gasteiger partial charge in [-0.1, -0.05) is 36.4 Å². The van der Waals surface area contributed by atoms with Crippen molar-refractivity contribution in [2.24, 2.45) is 0 Å². The van der Waals surface area contributed by atoms with Crippen LogP contribution in [0.15, 0.2) is 60.9 Å². The second kappa shape index (κ2) is 6.40. The van der Waals surface area contributed by atoms with Crippen molar-refractivity contribution >= 4 is 12.1 Å². The zero-order valence-electron chi connectivity index (χ0n) is 12.8. The summed E-state index contributed by atoms with van der Waals surface area (Å²) in [5, 5.41) is 0. The molecule has 4 nitrogen and oxygen atoms in total. The van der Waals surface area contributed by atoms with E-state index in [2.05, 4.69) is 4.98 Å². The fraction of sp³-hybridized carbons (Fsp3) is 0.105. The molecule has 0 saturated heterocycles. The molecule has 0 amide bonds. The van der Waals surface area contributed by atoms with Gasteiger partial charge in [-0.2, -0.15) is 0 Å². The summed E-state index contributed by atoms with van der Waals surface area (Å²) in [6.45, 7) is 2.44. The lowest BCUT2D eigenvalue weighted by Gasteiger charge is -2.10. The van der Waals surface area contributed by atoms with Gasteiger partial charge >= 0.3 is 0 Å². The van der Waals surface area contributed by atoms with Crippen molar-refractivity contribution in [2.45, 2.75) is 13.5 Å². The summed E-state index contributed by atoms with van der Waals surface area (Å²) in [5.74, 6) is -0.513. The molecule has 0 aliphatic rings. The average molecular weight is 304 g/mol. The first-order chi connectivity index (χ1) is 11.2. The van der Waals surface area contributed by atoms with Crippen LogP contribution in [0, 0.1) is 6.92 Å². The molecule has 3 rings (SSSR count). The highest BCUT2D eigenvalue weighted by atomic mass is 16.2. The summed E-state index contributed by atoms with van der Waals surface area (Å²) in [6.07, 6.45) is 3.84. The Kier molecular flexibility index (Phi) is 4.15. The zero-order chi connectivity index (χ0) is 16.2. The molecule has 4 heteroatoms. The van der Waals surface area contributed by atoms with Gasteiger partial charge in [-0.3, -0.25) is 14.6 Å². The summed E-state index contributed by atoms with van der Waals surface area (Å²) in [5.41, 5.74) is 4.03. The molecule has 2 aromatic heterocycles. The van der Waals surface area contributed by atoms with E-state index in [1.165, 1.54) is 0 Å². The predicted molar refractivity (Wildman–Crippen MR) is 88.3 cm³/mol. The first-order valence-corrected chi connectivity index (χ1v) is 7.34. The van der Waals surface area contributed by atoms with Crippen LogP contribution in [0.4, 0.5) is 0 Å². The van der Waals surface area contributed by atoms with E-state index in [9.17, 15) is 9.59 Å². The first-order valence-electron chi connectivity index (χ1n) is 7.34. The van der Waals surface area contributed by atoms with Gasteiger partial charge in [0.1, 0.15) is 5.69 Å². The number of hydrogen-bond acceptors (Lipinski definition) is 3. The lowest BCUT2D eigenvalue weighted by molar-refractivity contribution is -0.104. The van der Waals surface area contributed by atoms with Crippen LogP contribution in [0.1, 0.15) is 21.7 Å². The van der Waals surface area contributed by atoms with Gasteiger partial charge in [0.15, 0.2) is 6.29 Å². The number of nitrogens with zero attached hydrogens (tertiary/aromatic N) is 2. The van der Waals surface area contributed by atoms with Crippen LogP contribution in [-0.2, 0) is 11.3 Å². The van der Waals surface area contributed by atoms with Crippen LogP contribution in [0.5, 0.6) is 0 Å². The van der Waals surface area contributed by atoms with Gasteiger partial charge in [-0.05, 0) is 30.2 Å². The van der Waals surface area contributed by atoms with Crippen molar-refractivity contribution in [1.29, 1.82) is 0 Å². The monoisotopic (exact) mass is 304 g/mol. The SMILES string of the molecule is Cc1cc(-c2ccccc2)c(C(=O)C=O)n1Cc1cccnc1. The van der Waals surface area contributed by atoms with E-state index in [4.69, 9.17) is 0 Å². The number of carbonyl (C=O) groups excluding carboxylic acids is 2. The van der Waals surface area contributed by atoms with E-state index in [1.54, 1.807) is 12.4 Å². The molecule has 114 valence electrons. The number of hydrogen-bond donors (Lipinski definition) is 0. The number of carbonyl (C=O) groups is 2. The fourth-order valence-electron chi connectivity index (χ4n) is 2.71. The Hall–Kier alpha value is -3.01. The molecule has 0 fully saturated rings. The molecule has 3 aromatic rings. The van der Waals surface area contributed by atoms with E-state index < -0.39 is 5.78 Å². The van der Waals surface area contributed by atoms with Crippen molar-refractivity contribution in [2.75, 3.05) is 0 Å². The van der Waals surface area contributed by atoms with Crippen LogP contribution < -0.4 is 0 Å². The number of benzene rings is 1. The highest BCUT2D eigenvalue weighted by molar-refractivity contribution is 6.34. The highest BCUT2D eigenvalue weighted by Gasteiger charge is 2.20. The maximum Gasteiger partial charge on any atom is 0.242 e. The minimum absolute atomic E-state index is 0.376. The highest BCUT2D eigenvalue weighted by Crippen LogP contribution is 2.28. The summed E-state index contributed by atoms with van der Waals surface area (Å²) < 4.78 is 1.87. The lowest BCUT2D eigenvalue weighted by atomic mass is 10.0. The molecule has 0 radical (unpaired) electrons. The number of ketones is 1. The second-order valence-electron chi connectivity index (χ2n) is 5.34. The summed E-state index contributed by atoms with van der Waals surface area (Å²) in [7, 11) is 0. The van der Waals surface area contributed by atoms with Crippen molar-refractivity contribution in [3.63, 3.8) is 0 Å². The van der Waals surface area contributed by atoms with E-state index in [0.717, 1.165) is 22.4 Å². The number of rotatable bonds is 5. The summed E-state index contributed by atoms with van der Waals surface area (Å²) in [4.78, 5) is 27.5. The third-order valence-corrected chi connectivity index (χ3v) is 3.79. The minimum atomic E-state index is -0.513. The molecule has 23 heavy (non-hydrogen) atoms. The third kappa shape index (κ3) is 2.97. The van der Waals surface area contributed by atoms with Gasteiger partial charge in [0.2, 0.25) is 5.78 Å². The normalized spacial score (nSPS) is 10.5. The fourth-order valence-corrected chi connectivity index (χ4v) is 2.71. The van der Waals surface area contributed by atoms with Gasteiger partial charge < -0.3 is 4.57 Å². The van der Waals surface area contributed by atoms with E-state index >= 15 is 0 Å². The summed E-state index contributed by atoms with van der Waals surface area (Å²) in [6, 6.07) is 15.4. The zero-order valence-corrected chi connectivity index (χ0v) is 12.8. The van der Waals surface area contributed by atoms with Gasteiger partial charge in [0.25, 0.3) is 0 Å². The van der Waals surface area contributed by atoms with Gasteiger partial charge in [0, 0.05) is 30.2 Å². The van der Waals surface area contributed by atoms with Gasteiger partial charge in [-0.15, -0.1) is 0 Å². The number of aldehydes is 1. The standard InChI is InChI=1S/C19H16N2O2/c1-14-10-17(16-7-3-2-4-8-16)19(18(23)13-22)21(14)12-15-6-5-9-20-11-15/h2-11,13H,12H2,1H3. The minimum Gasteiger partial charge on any atom is -0.337 e. The predicted octanol–water partition coefficient (Wildman–Crippen LogP) is 3.29. The lowest BCUT2D eigenvalue weighted by Crippen LogP contribution is -2.13. The van der Waals surface area contributed by atoms with Gasteiger partial charge in [0.05, 0.1) is 0 Å². The maximum absolute atomic E-state index is 12.2. The Morgan fingerprint density at radius 1 is 1.17 bits per heavy atom. The molecule has 0 aliphatic heterocycles. The molecular formula is C19H16N2O2. The Labute approximate surface area is 134 Å². The molecule has 0 bridgehead atoms. The quantitative estimate of drug-likeness (QED) is 0.413. The third-order valence-electron chi connectivity index (χ3n) is 3.79. The molecule has 0 saturated carbocycles. The van der Waals surface area contributed by atoms with E-state index in [0.29, 0.717) is 18.5 Å². The van der Waals surface area contributed by atoms with Crippen molar-refractivity contribution in [3.05, 3.63) is 77.9 Å². The van der Waals surface area contributed by atoms with Crippen molar-refractivity contribution < 1.29 is 9.59 Å². The van der Waals surface area contributed by atoms with Crippen molar-refractivity contribution in [3.8, 4) is 11.1 Å². The summed E-state index contributed by atoms with van der Waals surface area (Å²) >= 11 is 0. The first kappa shape index (κ1) is 14.9. The van der Waals surface area contributed by atoms with Crippen LogP contribution in [0.2, 0.25) is 0 Å². The number of pyridine rings is 1. The van der Waals surface area contributed by atoms with Crippen LogP contribution in [0.25, 0.3) is 11.1 Å². The van der Waals surface area contributed by atoms with E-state index in [-0.39, 0.29) is 0 Å². The molecule has 2 heterocycles. The molecule has 0 unspecified atom stereocenters. The number of Topliss-reactive ketones (excluding diaryl/α,β-unsaturated/α-hetero) is 1. The molecule has 1 aromatic carbocycles. The topological polar surface area (TPSA) is 52.0 Å². The number of aryl methyl sites for hydroxylation is 1. The van der Waals surface area contributed by atoms with Crippen molar-refractivity contribution in [1.82, 2.24) is 9.55 Å². The van der Waals surface area contributed by atoms with Crippen LogP contribution in [-0.4, -0.2) is 21.6 Å². The maximum atomic E-state index is 12.2. The Bertz CT molecular complexity index is 837. The molecule has 0 atom stereocenters. The van der Waals surface area contributed by atoms with E-state index in [1.807, 2.05) is 60.0 Å². The van der Waals surface area contributed by atoms with Crippen LogP contribution >= 0.6 is 0 Å². The Morgan fingerprint density at radius 2 is 1.96 bits per heavy atom. The van der Waals surface area contributed by atoms with Crippen LogP contribution in [0.3, 0.4) is 0 Å². The largest absolute Gasteiger partial charge is 0.337 e. The Balaban J connectivity index is 2.14. The van der Waals surface area contributed by atoms with Gasteiger partial charge in [-0.25, -0.2) is 0 Å². The molecule has 0 spiro atoms. The second-order valence-corrected chi connectivity index (χ2v) is 5.34. The molecule has 0 N–H and O–H groups in total.